The number of halogens is 1. The van der Waals surface area contributed by atoms with E-state index in [1.54, 1.807) is 10.2 Å². The zero-order chi connectivity index (χ0) is 11.9. The van der Waals surface area contributed by atoms with Crippen LogP contribution < -0.4 is 0 Å². The first kappa shape index (κ1) is 12.7. The Hall–Kier alpha value is -0.730. The van der Waals surface area contributed by atoms with E-state index in [1.165, 1.54) is 11.1 Å². The van der Waals surface area contributed by atoms with Crippen LogP contribution in [-0.2, 0) is 12.8 Å². The molecule has 0 N–H and O–H groups in total. The second-order valence-electron chi connectivity index (χ2n) is 4.09. The van der Waals surface area contributed by atoms with E-state index in [0.29, 0.717) is 5.25 Å². The molecule has 0 saturated carbocycles. The molecular formula is C15H15BrS. The molecule has 0 saturated heterocycles. The molecule has 2 rings (SSSR count). The van der Waals surface area contributed by atoms with Gasteiger partial charge < -0.3 is 0 Å². The van der Waals surface area contributed by atoms with Crippen LogP contribution in [0.25, 0.3) is 0 Å². The third-order valence-electron chi connectivity index (χ3n) is 2.74. The van der Waals surface area contributed by atoms with Gasteiger partial charge in [-0.3, -0.25) is 0 Å². The largest absolute Gasteiger partial charge is 0.0794 e. The van der Waals surface area contributed by atoms with Crippen molar-refractivity contribution in [2.24, 2.45) is 0 Å². The summed E-state index contributed by atoms with van der Waals surface area (Å²) >= 11 is 3.55. The summed E-state index contributed by atoms with van der Waals surface area (Å²) in [6.45, 7) is 0. The van der Waals surface area contributed by atoms with Gasteiger partial charge in [0.05, 0.1) is 0 Å². The van der Waals surface area contributed by atoms with E-state index in [4.69, 9.17) is 0 Å². The predicted molar refractivity (Wildman–Crippen MR) is 80.6 cm³/mol. The van der Waals surface area contributed by atoms with Gasteiger partial charge in [-0.15, -0.1) is 0 Å². The van der Waals surface area contributed by atoms with E-state index in [1.807, 2.05) is 0 Å². The Morgan fingerprint density at radius 2 is 1.18 bits per heavy atom. The van der Waals surface area contributed by atoms with Crippen LogP contribution in [0.2, 0.25) is 0 Å². The summed E-state index contributed by atoms with van der Waals surface area (Å²) in [5.74, 6) is 0. The molecule has 0 heterocycles. The third kappa shape index (κ3) is 4.21. The monoisotopic (exact) mass is 306 g/mol. The average Bonchev–Trinajstić information content (AvgIpc) is 2.40. The Kier molecular flexibility index (Phi) is 5.14. The van der Waals surface area contributed by atoms with Crippen LogP contribution in [0.15, 0.2) is 60.7 Å². The highest BCUT2D eigenvalue weighted by Gasteiger charge is 2.09. The average molecular weight is 307 g/mol. The van der Waals surface area contributed by atoms with Crippen LogP contribution in [-0.4, -0.2) is 5.25 Å². The Balaban J connectivity index is 1.98. The fourth-order valence-corrected chi connectivity index (χ4v) is 3.19. The molecular weight excluding hydrogens is 292 g/mol. The summed E-state index contributed by atoms with van der Waals surface area (Å²) < 4.78 is 0. The van der Waals surface area contributed by atoms with Gasteiger partial charge in [-0.05, 0) is 38.8 Å². The first-order chi connectivity index (χ1) is 8.38. The van der Waals surface area contributed by atoms with Crippen LogP contribution in [0.1, 0.15) is 11.1 Å². The topological polar surface area (TPSA) is 0 Å². The van der Waals surface area contributed by atoms with E-state index in [-0.39, 0.29) is 0 Å². The van der Waals surface area contributed by atoms with Crippen LogP contribution in [0.4, 0.5) is 0 Å². The lowest BCUT2D eigenvalue weighted by molar-refractivity contribution is 0.847. The maximum Gasteiger partial charge on any atom is 0.0237 e. The van der Waals surface area contributed by atoms with Gasteiger partial charge in [-0.1, -0.05) is 70.9 Å². The van der Waals surface area contributed by atoms with E-state index in [0.717, 1.165) is 12.8 Å². The summed E-state index contributed by atoms with van der Waals surface area (Å²) in [4.78, 5) is 0. The van der Waals surface area contributed by atoms with Crippen LogP contribution in [0.5, 0.6) is 0 Å². The van der Waals surface area contributed by atoms with Crippen molar-refractivity contribution in [2.45, 2.75) is 18.1 Å². The van der Waals surface area contributed by atoms with Crippen molar-refractivity contribution in [3.8, 4) is 0 Å². The van der Waals surface area contributed by atoms with Gasteiger partial charge in [-0.25, -0.2) is 0 Å². The van der Waals surface area contributed by atoms with Crippen molar-refractivity contribution in [1.82, 2.24) is 0 Å². The lowest BCUT2D eigenvalue weighted by atomic mass is 10.0. The molecule has 0 spiro atoms. The fraction of sp³-hybridized carbons (Fsp3) is 0.200. The van der Waals surface area contributed by atoms with Crippen molar-refractivity contribution >= 4 is 25.0 Å². The summed E-state index contributed by atoms with van der Waals surface area (Å²) in [6, 6.07) is 21.3. The van der Waals surface area contributed by atoms with Gasteiger partial charge in [-0.2, -0.15) is 0 Å². The lowest BCUT2D eigenvalue weighted by Gasteiger charge is -2.13. The Morgan fingerprint density at radius 1 is 0.765 bits per heavy atom. The normalized spacial score (nSPS) is 10.7. The Bertz CT molecular complexity index is 386. The van der Waals surface area contributed by atoms with Crippen molar-refractivity contribution in [3.05, 3.63) is 71.8 Å². The molecule has 0 nitrogen and oxygen atoms in total. The fourth-order valence-electron chi connectivity index (χ4n) is 1.89. The van der Waals surface area contributed by atoms with Gasteiger partial charge in [0, 0.05) is 5.25 Å². The van der Waals surface area contributed by atoms with E-state index >= 15 is 0 Å². The molecule has 88 valence electrons. The molecule has 0 aromatic heterocycles. The standard InChI is InChI=1S/C15H15BrS/c16-17-15(11-13-7-3-1-4-8-13)12-14-9-5-2-6-10-14/h1-10,15H,11-12H2. The second-order valence-corrected chi connectivity index (χ2v) is 6.06. The minimum atomic E-state index is 0.583. The summed E-state index contributed by atoms with van der Waals surface area (Å²) in [7, 11) is 1.77. The zero-order valence-electron chi connectivity index (χ0n) is 9.55. The van der Waals surface area contributed by atoms with Crippen molar-refractivity contribution in [3.63, 3.8) is 0 Å². The highest BCUT2D eigenvalue weighted by molar-refractivity contribution is 9.50. The minimum absolute atomic E-state index is 0.583. The quantitative estimate of drug-likeness (QED) is 0.758. The molecule has 2 heteroatoms. The van der Waals surface area contributed by atoms with Crippen molar-refractivity contribution in [2.75, 3.05) is 0 Å². The van der Waals surface area contributed by atoms with Crippen LogP contribution in [0, 0.1) is 0 Å². The SMILES string of the molecule is BrSC(Cc1ccccc1)Cc1ccccc1. The molecule has 0 bridgehead atoms. The molecule has 0 aliphatic heterocycles. The predicted octanol–water partition coefficient (Wildman–Crippen LogP) is 4.88. The van der Waals surface area contributed by atoms with Crippen molar-refractivity contribution < 1.29 is 0 Å². The maximum atomic E-state index is 3.55. The Morgan fingerprint density at radius 3 is 1.53 bits per heavy atom. The smallest absolute Gasteiger partial charge is 0.0237 e. The number of hydrogen-bond acceptors (Lipinski definition) is 1. The Labute approximate surface area is 115 Å². The molecule has 2 aromatic rings. The maximum absolute atomic E-state index is 3.55. The highest BCUT2D eigenvalue weighted by Crippen LogP contribution is 2.25. The summed E-state index contributed by atoms with van der Waals surface area (Å²) in [5, 5.41) is 0.583. The summed E-state index contributed by atoms with van der Waals surface area (Å²) in [6.07, 6.45) is 2.21. The van der Waals surface area contributed by atoms with Gasteiger partial charge in [0.1, 0.15) is 0 Å². The molecule has 0 aliphatic carbocycles. The van der Waals surface area contributed by atoms with Crippen molar-refractivity contribution in [1.29, 1.82) is 0 Å². The molecule has 0 fully saturated rings. The van der Waals surface area contributed by atoms with E-state index in [9.17, 15) is 0 Å². The van der Waals surface area contributed by atoms with Gasteiger partial charge in [0.15, 0.2) is 0 Å². The molecule has 2 aromatic carbocycles. The first-order valence-electron chi connectivity index (χ1n) is 5.73. The molecule has 0 unspecified atom stereocenters. The number of rotatable bonds is 5. The highest BCUT2D eigenvalue weighted by atomic mass is 79.9. The van der Waals surface area contributed by atoms with E-state index < -0.39 is 0 Å². The van der Waals surface area contributed by atoms with Crippen LogP contribution >= 0.6 is 25.0 Å². The third-order valence-corrected chi connectivity index (χ3v) is 4.91. The summed E-state index contributed by atoms with van der Waals surface area (Å²) in [5.41, 5.74) is 2.81. The van der Waals surface area contributed by atoms with Gasteiger partial charge >= 0.3 is 0 Å². The molecule has 0 amide bonds. The van der Waals surface area contributed by atoms with Gasteiger partial charge in [0.2, 0.25) is 0 Å². The molecule has 0 radical (unpaired) electrons. The number of benzene rings is 2. The lowest BCUT2D eigenvalue weighted by Crippen LogP contribution is -2.08. The molecule has 0 atom stereocenters. The zero-order valence-corrected chi connectivity index (χ0v) is 12.0. The molecule has 0 aliphatic rings. The minimum Gasteiger partial charge on any atom is -0.0794 e. The van der Waals surface area contributed by atoms with Crippen LogP contribution in [0.3, 0.4) is 0 Å². The first-order valence-corrected chi connectivity index (χ1v) is 8.46. The second kappa shape index (κ2) is 6.87. The van der Waals surface area contributed by atoms with E-state index in [2.05, 4.69) is 75.5 Å². The molecule has 17 heavy (non-hydrogen) atoms. The number of hydrogen-bond donors (Lipinski definition) is 0. The van der Waals surface area contributed by atoms with Gasteiger partial charge in [0.25, 0.3) is 0 Å².